The molecule has 1 saturated heterocycles. The smallest absolute Gasteiger partial charge is 0.373 e. The Morgan fingerprint density at radius 3 is 2.66 bits per heavy atom. The highest BCUT2D eigenvalue weighted by Crippen LogP contribution is 2.36. The van der Waals surface area contributed by atoms with E-state index >= 15 is 0 Å². The van der Waals surface area contributed by atoms with Crippen LogP contribution in [-0.2, 0) is 0 Å². The molecular weight excluding hydrogens is 380 g/mol. The first-order valence-corrected chi connectivity index (χ1v) is 8.78. The Hall–Kier alpha value is -4.02. The number of nitrogens with zero attached hydrogens (tertiary/aromatic N) is 6. The Bertz CT molecular complexity index is 1000. The minimum atomic E-state index is -0.568. The van der Waals surface area contributed by atoms with Gasteiger partial charge in [0.05, 0.1) is 17.4 Å². The fraction of sp³-hybridized carbons (Fsp3) is 0.222. The summed E-state index contributed by atoms with van der Waals surface area (Å²) < 4.78 is 10.7. The number of rotatable bonds is 5. The van der Waals surface area contributed by atoms with Crippen molar-refractivity contribution in [2.75, 3.05) is 31.1 Å². The number of piperazine rings is 1. The van der Waals surface area contributed by atoms with Gasteiger partial charge in [-0.1, -0.05) is 0 Å². The number of hydrogen-bond acceptors (Lipinski definition) is 9. The molecule has 4 heterocycles. The van der Waals surface area contributed by atoms with Crippen molar-refractivity contribution in [2.24, 2.45) is 0 Å². The van der Waals surface area contributed by atoms with Crippen LogP contribution in [0.2, 0.25) is 0 Å². The van der Waals surface area contributed by atoms with Gasteiger partial charge in [-0.2, -0.15) is 4.98 Å². The highest BCUT2D eigenvalue weighted by Gasteiger charge is 2.32. The molecule has 1 aliphatic rings. The van der Waals surface area contributed by atoms with E-state index in [0.717, 1.165) is 0 Å². The topological polar surface area (TPSA) is 128 Å². The Labute approximate surface area is 164 Å². The molecule has 0 aliphatic carbocycles. The van der Waals surface area contributed by atoms with Gasteiger partial charge < -0.3 is 19.0 Å². The molecule has 1 aliphatic heterocycles. The number of amides is 1. The number of furan rings is 1. The van der Waals surface area contributed by atoms with E-state index in [2.05, 4.69) is 15.0 Å². The van der Waals surface area contributed by atoms with Crippen molar-refractivity contribution in [1.29, 1.82) is 0 Å². The summed E-state index contributed by atoms with van der Waals surface area (Å²) in [5.74, 6) is 0.358. The van der Waals surface area contributed by atoms with Gasteiger partial charge in [0.1, 0.15) is 12.1 Å². The minimum absolute atomic E-state index is 0.147. The molecule has 0 atom stereocenters. The highest BCUT2D eigenvalue weighted by molar-refractivity contribution is 5.91. The number of pyridine rings is 1. The Kier molecular flexibility index (Phi) is 5.01. The highest BCUT2D eigenvalue weighted by atomic mass is 16.6. The maximum atomic E-state index is 12.4. The van der Waals surface area contributed by atoms with Gasteiger partial charge in [-0.15, -0.1) is 0 Å². The summed E-state index contributed by atoms with van der Waals surface area (Å²) in [5, 5.41) is 11.7. The molecule has 0 bridgehead atoms. The molecule has 3 aromatic rings. The summed E-state index contributed by atoms with van der Waals surface area (Å²) >= 11 is 0. The van der Waals surface area contributed by atoms with Crippen molar-refractivity contribution in [2.45, 2.75) is 0 Å². The lowest BCUT2D eigenvalue weighted by Gasteiger charge is -2.34. The van der Waals surface area contributed by atoms with Crippen LogP contribution in [0.5, 0.6) is 11.6 Å². The average Bonchev–Trinajstić information content (AvgIpc) is 3.29. The molecule has 0 aromatic carbocycles. The monoisotopic (exact) mass is 396 g/mol. The number of aromatic nitrogens is 3. The Balaban J connectivity index is 1.54. The second-order valence-electron chi connectivity index (χ2n) is 6.16. The SMILES string of the molecule is O=C(c1ccco1)N1CCN(c2ncnc(Oc3cccnc3)c2[N+](=O)[O-])CC1. The fourth-order valence-electron chi connectivity index (χ4n) is 3.02. The van der Waals surface area contributed by atoms with Gasteiger partial charge in [-0.05, 0) is 24.3 Å². The molecule has 0 radical (unpaired) electrons. The van der Waals surface area contributed by atoms with Crippen LogP contribution in [0, 0.1) is 10.1 Å². The second-order valence-corrected chi connectivity index (χ2v) is 6.16. The number of carbonyl (C=O) groups excluding carboxylic acids is 1. The van der Waals surface area contributed by atoms with Gasteiger partial charge in [0.25, 0.3) is 5.91 Å². The van der Waals surface area contributed by atoms with Crippen LogP contribution in [0.1, 0.15) is 10.6 Å². The van der Waals surface area contributed by atoms with E-state index in [-0.39, 0.29) is 29.1 Å². The first-order valence-electron chi connectivity index (χ1n) is 8.78. The largest absolute Gasteiger partial charge is 0.459 e. The zero-order valence-electron chi connectivity index (χ0n) is 15.2. The molecule has 0 N–H and O–H groups in total. The molecule has 0 unspecified atom stereocenters. The Morgan fingerprint density at radius 1 is 1.17 bits per heavy atom. The number of hydrogen-bond donors (Lipinski definition) is 0. The molecule has 29 heavy (non-hydrogen) atoms. The van der Waals surface area contributed by atoms with E-state index in [9.17, 15) is 14.9 Å². The number of carbonyl (C=O) groups is 1. The van der Waals surface area contributed by atoms with Crippen molar-refractivity contribution in [1.82, 2.24) is 19.9 Å². The third-order valence-electron chi connectivity index (χ3n) is 4.40. The zero-order chi connectivity index (χ0) is 20.2. The zero-order valence-corrected chi connectivity index (χ0v) is 15.2. The van der Waals surface area contributed by atoms with Crippen molar-refractivity contribution in [3.05, 3.63) is 65.1 Å². The first-order chi connectivity index (χ1) is 14.1. The normalized spacial score (nSPS) is 13.9. The third-order valence-corrected chi connectivity index (χ3v) is 4.40. The van der Waals surface area contributed by atoms with Crippen LogP contribution >= 0.6 is 0 Å². The molecule has 0 saturated carbocycles. The van der Waals surface area contributed by atoms with E-state index in [1.165, 1.54) is 18.8 Å². The lowest BCUT2D eigenvalue weighted by molar-refractivity contribution is -0.385. The molecular formula is C18H16N6O5. The fourth-order valence-corrected chi connectivity index (χ4v) is 3.02. The maximum absolute atomic E-state index is 12.4. The number of nitro groups is 1. The Morgan fingerprint density at radius 2 is 2.00 bits per heavy atom. The number of ether oxygens (including phenoxy) is 1. The summed E-state index contributed by atoms with van der Waals surface area (Å²) in [6, 6.07) is 6.53. The predicted molar refractivity (Wildman–Crippen MR) is 99.8 cm³/mol. The van der Waals surface area contributed by atoms with Crippen LogP contribution in [0.25, 0.3) is 0 Å². The molecule has 3 aromatic heterocycles. The van der Waals surface area contributed by atoms with Gasteiger partial charge in [-0.25, -0.2) is 4.98 Å². The van der Waals surface area contributed by atoms with Gasteiger partial charge in [0.2, 0.25) is 5.82 Å². The van der Waals surface area contributed by atoms with Crippen molar-refractivity contribution in [3.63, 3.8) is 0 Å². The predicted octanol–water partition coefficient (Wildman–Crippen LogP) is 2.13. The van der Waals surface area contributed by atoms with Crippen LogP contribution in [0.4, 0.5) is 11.5 Å². The maximum Gasteiger partial charge on any atom is 0.373 e. The number of anilines is 1. The summed E-state index contributed by atoms with van der Waals surface area (Å²) in [5.41, 5.74) is -0.331. The van der Waals surface area contributed by atoms with Crippen molar-refractivity contribution >= 4 is 17.4 Å². The van der Waals surface area contributed by atoms with Gasteiger partial charge in [0.15, 0.2) is 5.76 Å². The molecule has 11 heteroatoms. The molecule has 148 valence electrons. The van der Waals surface area contributed by atoms with E-state index in [4.69, 9.17) is 9.15 Å². The van der Waals surface area contributed by atoms with E-state index in [0.29, 0.717) is 31.9 Å². The van der Waals surface area contributed by atoms with Crippen molar-refractivity contribution < 1.29 is 18.9 Å². The minimum Gasteiger partial charge on any atom is -0.459 e. The summed E-state index contributed by atoms with van der Waals surface area (Å²) in [4.78, 5) is 38.9. The lowest BCUT2D eigenvalue weighted by Crippen LogP contribution is -2.49. The average molecular weight is 396 g/mol. The van der Waals surface area contributed by atoms with E-state index in [1.54, 1.807) is 40.3 Å². The molecule has 4 rings (SSSR count). The van der Waals surface area contributed by atoms with Crippen molar-refractivity contribution in [3.8, 4) is 11.6 Å². The quantitative estimate of drug-likeness (QED) is 0.470. The standard InChI is InChI=1S/C18H16N6O5/c25-18(14-4-2-10-28-14)23-8-6-22(7-9-23)16-15(24(26)27)17(21-12-20-16)29-13-3-1-5-19-11-13/h1-5,10-12H,6-9H2. The second kappa shape index (κ2) is 7.92. The van der Waals surface area contributed by atoms with Crippen LogP contribution in [-0.4, -0.2) is 56.9 Å². The molecule has 0 spiro atoms. The van der Waals surface area contributed by atoms with Crippen LogP contribution in [0.3, 0.4) is 0 Å². The first kappa shape index (κ1) is 18.3. The summed E-state index contributed by atoms with van der Waals surface area (Å²) in [6.07, 6.45) is 5.66. The summed E-state index contributed by atoms with van der Waals surface area (Å²) in [6.45, 7) is 1.49. The van der Waals surface area contributed by atoms with E-state index < -0.39 is 4.92 Å². The lowest BCUT2D eigenvalue weighted by atomic mass is 10.2. The van der Waals surface area contributed by atoms with Gasteiger partial charge in [0, 0.05) is 32.4 Å². The van der Waals surface area contributed by atoms with Crippen LogP contribution < -0.4 is 9.64 Å². The van der Waals surface area contributed by atoms with Gasteiger partial charge >= 0.3 is 11.6 Å². The van der Waals surface area contributed by atoms with Gasteiger partial charge in [-0.3, -0.25) is 19.9 Å². The van der Waals surface area contributed by atoms with E-state index in [1.807, 2.05) is 0 Å². The molecule has 1 fully saturated rings. The molecule has 11 nitrogen and oxygen atoms in total. The molecule has 1 amide bonds. The van der Waals surface area contributed by atoms with Crippen LogP contribution in [0.15, 0.2) is 53.7 Å². The third kappa shape index (κ3) is 3.83. The summed E-state index contributed by atoms with van der Waals surface area (Å²) in [7, 11) is 0.